The first-order valence-electron chi connectivity index (χ1n) is 5.37. The van der Waals surface area contributed by atoms with E-state index < -0.39 is 17.6 Å². The van der Waals surface area contributed by atoms with Crippen molar-refractivity contribution in [1.82, 2.24) is 0 Å². The van der Waals surface area contributed by atoms with Gasteiger partial charge in [0.1, 0.15) is 5.75 Å². The van der Waals surface area contributed by atoms with Crippen LogP contribution in [0.4, 0.5) is 23.2 Å². The van der Waals surface area contributed by atoms with E-state index >= 15 is 0 Å². The second-order valence-corrected chi connectivity index (χ2v) is 4.31. The third kappa shape index (κ3) is 2.96. The number of benzene rings is 2. The number of nitrogen functional groups attached to an aromatic ring is 1. The van der Waals surface area contributed by atoms with Crippen molar-refractivity contribution in [1.29, 1.82) is 0 Å². The Balaban J connectivity index is 2.33. The van der Waals surface area contributed by atoms with E-state index in [4.69, 9.17) is 22.1 Å². The highest BCUT2D eigenvalue weighted by molar-refractivity contribution is 6.30. The highest BCUT2D eigenvalue weighted by Gasteiger charge is 2.31. The molecule has 0 spiro atoms. The van der Waals surface area contributed by atoms with Crippen molar-refractivity contribution in [3.8, 4) is 11.5 Å². The van der Waals surface area contributed by atoms with Gasteiger partial charge < -0.3 is 10.5 Å². The van der Waals surface area contributed by atoms with Crippen LogP contribution in [0.15, 0.2) is 36.4 Å². The van der Waals surface area contributed by atoms with E-state index in [0.29, 0.717) is 0 Å². The molecule has 0 saturated heterocycles. The highest BCUT2D eigenvalue weighted by atomic mass is 35.5. The maximum absolute atomic E-state index is 13.6. The molecule has 0 radical (unpaired) electrons. The number of nitrogens with two attached hydrogens (primary N) is 1. The number of hydrogen-bond acceptors (Lipinski definition) is 2. The Labute approximate surface area is 116 Å². The zero-order chi connectivity index (χ0) is 14.9. The van der Waals surface area contributed by atoms with Crippen LogP contribution in [0.5, 0.6) is 11.5 Å². The van der Waals surface area contributed by atoms with Gasteiger partial charge in [0.25, 0.3) is 0 Å². The predicted molar refractivity (Wildman–Crippen MR) is 67.3 cm³/mol. The largest absolute Gasteiger partial charge is 0.452 e. The van der Waals surface area contributed by atoms with Gasteiger partial charge in [-0.15, -0.1) is 0 Å². The molecule has 106 valence electrons. The van der Waals surface area contributed by atoms with E-state index in [1.165, 1.54) is 18.2 Å². The molecule has 2 N–H and O–H groups in total. The summed E-state index contributed by atoms with van der Waals surface area (Å²) in [4.78, 5) is 0. The van der Waals surface area contributed by atoms with Gasteiger partial charge >= 0.3 is 6.18 Å². The minimum atomic E-state index is -4.51. The molecule has 0 unspecified atom stereocenters. The van der Waals surface area contributed by atoms with Gasteiger partial charge in [-0.05, 0) is 30.3 Å². The van der Waals surface area contributed by atoms with Crippen molar-refractivity contribution in [3.63, 3.8) is 0 Å². The van der Waals surface area contributed by atoms with Gasteiger partial charge in [-0.2, -0.15) is 13.2 Å². The van der Waals surface area contributed by atoms with Crippen molar-refractivity contribution in [2.45, 2.75) is 6.18 Å². The summed E-state index contributed by atoms with van der Waals surface area (Å²) in [6, 6.07) is 6.60. The van der Waals surface area contributed by atoms with E-state index in [2.05, 4.69) is 0 Å². The molecule has 0 fully saturated rings. The number of ether oxygens (including phenoxy) is 1. The second kappa shape index (κ2) is 5.20. The van der Waals surface area contributed by atoms with Crippen molar-refractivity contribution >= 4 is 17.3 Å². The Hall–Kier alpha value is -1.95. The number of halogens is 5. The first kappa shape index (κ1) is 14.5. The molecule has 20 heavy (non-hydrogen) atoms. The van der Waals surface area contributed by atoms with E-state index in [-0.39, 0.29) is 22.2 Å². The Bertz CT molecular complexity index is 643. The van der Waals surface area contributed by atoms with E-state index in [1.807, 2.05) is 0 Å². The Kier molecular flexibility index (Phi) is 3.76. The van der Waals surface area contributed by atoms with Gasteiger partial charge in [0.05, 0.1) is 16.3 Å². The van der Waals surface area contributed by atoms with Crippen LogP contribution in [0.3, 0.4) is 0 Å². The molecule has 2 aromatic carbocycles. The quantitative estimate of drug-likeness (QED) is 0.634. The Morgan fingerprint density at radius 1 is 1.05 bits per heavy atom. The number of alkyl halides is 3. The molecular weight excluding hydrogens is 298 g/mol. The standard InChI is InChI=1S/C13H8ClF4NO/c14-8-2-1-3-11(12(8)15)20-10-5-4-7(6-9(10)19)13(16,17)18/h1-6H,19H2. The normalized spacial score (nSPS) is 11.4. The smallest absolute Gasteiger partial charge is 0.416 e. The van der Waals surface area contributed by atoms with Crippen molar-refractivity contribution in [2.75, 3.05) is 5.73 Å². The summed E-state index contributed by atoms with van der Waals surface area (Å²) < 4.78 is 56.2. The molecule has 0 aliphatic heterocycles. The molecular formula is C13H8ClF4NO. The van der Waals surface area contributed by atoms with Crippen molar-refractivity contribution in [3.05, 3.63) is 52.8 Å². The van der Waals surface area contributed by atoms with E-state index in [9.17, 15) is 17.6 Å². The first-order chi connectivity index (χ1) is 9.29. The number of rotatable bonds is 2. The fourth-order valence-electron chi connectivity index (χ4n) is 1.50. The van der Waals surface area contributed by atoms with Gasteiger partial charge in [-0.1, -0.05) is 17.7 Å². The summed E-state index contributed by atoms with van der Waals surface area (Å²) >= 11 is 5.57. The van der Waals surface area contributed by atoms with E-state index in [1.54, 1.807) is 0 Å². The molecule has 0 atom stereocenters. The third-order valence-electron chi connectivity index (χ3n) is 2.47. The molecule has 7 heteroatoms. The molecule has 2 nitrogen and oxygen atoms in total. The summed E-state index contributed by atoms with van der Waals surface area (Å²) in [5.74, 6) is -1.11. The van der Waals surface area contributed by atoms with Crippen molar-refractivity contribution < 1.29 is 22.3 Å². The second-order valence-electron chi connectivity index (χ2n) is 3.90. The van der Waals surface area contributed by atoms with Crippen LogP contribution in [0.1, 0.15) is 5.56 Å². The van der Waals surface area contributed by atoms with Gasteiger partial charge in [-0.3, -0.25) is 0 Å². The lowest BCUT2D eigenvalue weighted by molar-refractivity contribution is -0.137. The summed E-state index contributed by atoms with van der Waals surface area (Å²) in [6.07, 6.45) is -4.51. The fraction of sp³-hybridized carbons (Fsp3) is 0.0769. The Morgan fingerprint density at radius 3 is 2.35 bits per heavy atom. The topological polar surface area (TPSA) is 35.2 Å². The average Bonchev–Trinajstić information content (AvgIpc) is 2.36. The third-order valence-corrected chi connectivity index (χ3v) is 2.77. The summed E-state index contributed by atoms with van der Waals surface area (Å²) in [5.41, 5.74) is 4.31. The molecule has 0 aromatic heterocycles. The maximum Gasteiger partial charge on any atom is 0.416 e. The average molecular weight is 306 g/mol. The van der Waals surface area contributed by atoms with Crippen LogP contribution >= 0.6 is 11.6 Å². The van der Waals surface area contributed by atoms with Crippen LogP contribution < -0.4 is 10.5 Å². The zero-order valence-corrected chi connectivity index (χ0v) is 10.6. The summed E-state index contributed by atoms with van der Waals surface area (Å²) in [6.45, 7) is 0. The van der Waals surface area contributed by atoms with Gasteiger partial charge in [0.2, 0.25) is 0 Å². The number of hydrogen-bond donors (Lipinski definition) is 1. The zero-order valence-electron chi connectivity index (χ0n) is 9.84. The van der Waals surface area contributed by atoms with Gasteiger partial charge in [0, 0.05) is 0 Å². The maximum atomic E-state index is 13.6. The van der Waals surface area contributed by atoms with Crippen LogP contribution in [0, 0.1) is 5.82 Å². The lowest BCUT2D eigenvalue weighted by atomic mass is 10.2. The minimum absolute atomic E-state index is 0.0841. The Morgan fingerprint density at radius 2 is 1.75 bits per heavy atom. The fourth-order valence-corrected chi connectivity index (χ4v) is 1.66. The molecule has 0 amide bonds. The molecule has 0 saturated carbocycles. The monoisotopic (exact) mass is 305 g/mol. The molecule has 2 aromatic rings. The molecule has 0 aliphatic carbocycles. The highest BCUT2D eigenvalue weighted by Crippen LogP contribution is 2.36. The van der Waals surface area contributed by atoms with Gasteiger partial charge in [0.15, 0.2) is 11.6 Å². The molecule has 2 rings (SSSR count). The van der Waals surface area contributed by atoms with E-state index in [0.717, 1.165) is 18.2 Å². The van der Waals surface area contributed by atoms with Crippen molar-refractivity contribution in [2.24, 2.45) is 0 Å². The molecule has 0 bridgehead atoms. The van der Waals surface area contributed by atoms with Crippen LogP contribution in [0.2, 0.25) is 5.02 Å². The predicted octanol–water partition coefficient (Wildman–Crippen LogP) is 4.87. The molecule has 0 heterocycles. The summed E-state index contributed by atoms with van der Waals surface area (Å²) in [7, 11) is 0. The van der Waals surface area contributed by atoms with Crippen LogP contribution in [-0.2, 0) is 6.18 Å². The minimum Gasteiger partial charge on any atom is -0.452 e. The lowest BCUT2D eigenvalue weighted by Gasteiger charge is -2.12. The molecule has 0 aliphatic rings. The summed E-state index contributed by atoms with van der Waals surface area (Å²) in [5, 5.41) is -0.159. The van der Waals surface area contributed by atoms with Crippen LogP contribution in [-0.4, -0.2) is 0 Å². The first-order valence-corrected chi connectivity index (χ1v) is 5.75. The van der Waals surface area contributed by atoms with Crippen LogP contribution in [0.25, 0.3) is 0 Å². The van der Waals surface area contributed by atoms with Gasteiger partial charge in [-0.25, -0.2) is 4.39 Å². The lowest BCUT2D eigenvalue weighted by Crippen LogP contribution is -2.06. The number of anilines is 1. The SMILES string of the molecule is Nc1cc(C(F)(F)F)ccc1Oc1cccc(Cl)c1F.